The molecular weight excluding hydrogens is 1210 g/mol. The third-order valence-electron chi connectivity index (χ3n) is 18.9. The van der Waals surface area contributed by atoms with E-state index in [1.165, 1.54) is 11.3 Å². The summed E-state index contributed by atoms with van der Waals surface area (Å²) in [5, 5.41) is 35.9. The van der Waals surface area contributed by atoms with E-state index in [0.29, 0.717) is 73.6 Å². The van der Waals surface area contributed by atoms with Gasteiger partial charge in [-0.25, -0.2) is 0 Å². The third kappa shape index (κ3) is 14.6. The van der Waals surface area contributed by atoms with Gasteiger partial charge in [0.1, 0.15) is 53.8 Å². The molecule has 16 heteroatoms. The Hall–Kier alpha value is -10.8. The lowest BCUT2D eigenvalue weighted by Gasteiger charge is -2.34. The lowest BCUT2D eigenvalue weighted by Crippen LogP contribution is -2.44. The first-order valence-electron chi connectivity index (χ1n) is 33.6. The summed E-state index contributed by atoms with van der Waals surface area (Å²) in [7, 11) is 4.10. The molecule has 1 aliphatic carbocycles. The number of aromatic nitrogens is 5. The highest BCUT2D eigenvalue weighted by atomic mass is 16.5. The van der Waals surface area contributed by atoms with Crippen molar-refractivity contribution in [1.29, 1.82) is 15.8 Å². The van der Waals surface area contributed by atoms with Crippen molar-refractivity contribution in [2.45, 2.75) is 63.3 Å². The van der Waals surface area contributed by atoms with Crippen molar-refractivity contribution in [2.75, 3.05) is 77.8 Å². The zero-order valence-electron chi connectivity index (χ0n) is 54.7. The van der Waals surface area contributed by atoms with Crippen LogP contribution in [-0.2, 0) is 27.7 Å². The number of hydrogen-bond acceptors (Lipinski definition) is 13. The van der Waals surface area contributed by atoms with Gasteiger partial charge in [-0.2, -0.15) is 20.9 Å². The number of aryl methyl sites for hydroxylation is 1. The van der Waals surface area contributed by atoms with Crippen LogP contribution in [0.5, 0.6) is 17.2 Å². The predicted octanol–water partition coefficient (Wildman–Crippen LogP) is 15.6. The molecule has 4 aliphatic heterocycles. The van der Waals surface area contributed by atoms with Gasteiger partial charge < -0.3 is 48.2 Å². The van der Waals surface area contributed by atoms with E-state index in [4.69, 9.17) is 28.4 Å². The van der Waals surface area contributed by atoms with E-state index in [1.54, 1.807) is 0 Å². The Balaban J connectivity index is 0.000000126. The van der Waals surface area contributed by atoms with Gasteiger partial charge in [-0.05, 0) is 142 Å². The van der Waals surface area contributed by atoms with Crippen molar-refractivity contribution in [3.05, 3.63) is 216 Å². The normalized spacial score (nSPS) is 16.0. The fourth-order valence-electron chi connectivity index (χ4n) is 13.5. The molecule has 0 spiro atoms. The smallest absolute Gasteiger partial charge is 0.137 e. The molecule has 4 saturated heterocycles. The minimum atomic E-state index is 0.102. The summed E-state index contributed by atoms with van der Waals surface area (Å²) < 4.78 is 36.4. The van der Waals surface area contributed by atoms with E-state index in [0.717, 1.165) is 166 Å². The molecule has 97 heavy (non-hydrogen) atoms. The molecule has 4 aromatic heterocycles. The van der Waals surface area contributed by atoms with E-state index >= 15 is 0 Å². The number of rotatable bonds is 13. The van der Waals surface area contributed by atoms with Crippen LogP contribution in [0.1, 0.15) is 72.0 Å². The summed E-state index contributed by atoms with van der Waals surface area (Å²) >= 11 is 0. The van der Waals surface area contributed by atoms with Gasteiger partial charge in [0, 0.05) is 141 Å². The average molecular weight is 1290 g/mol. The number of likely N-dealkylation sites (N-methyl/N-ethyl adjacent to an activating group) is 1. The summed E-state index contributed by atoms with van der Waals surface area (Å²) in [6.07, 6.45) is 14.2. The number of H-pyrrole nitrogens is 2. The molecule has 16 rings (SSSR count). The summed E-state index contributed by atoms with van der Waals surface area (Å²) in [6.45, 7) is 8.59. The van der Waals surface area contributed by atoms with Crippen LogP contribution in [-0.4, -0.2) is 121 Å². The quantitative estimate of drug-likeness (QED) is 0.111. The number of piperazine rings is 1. The topological polar surface area (TPSA) is 196 Å². The number of fused-ring (bicyclic) bond motifs is 3. The number of ether oxygens (including phenoxy) is 6. The van der Waals surface area contributed by atoms with Crippen LogP contribution < -0.4 is 19.1 Å². The Kier molecular flexibility index (Phi) is 19.3. The predicted molar refractivity (Wildman–Crippen MR) is 380 cm³/mol. The van der Waals surface area contributed by atoms with Gasteiger partial charge in [0.25, 0.3) is 0 Å². The van der Waals surface area contributed by atoms with Crippen molar-refractivity contribution >= 4 is 39.1 Å². The van der Waals surface area contributed by atoms with Crippen LogP contribution in [0.4, 0.5) is 5.69 Å². The van der Waals surface area contributed by atoms with Crippen molar-refractivity contribution in [1.82, 2.24) is 29.6 Å². The highest BCUT2D eigenvalue weighted by molar-refractivity contribution is 6.00. The number of nitriles is 3. The monoisotopic (exact) mass is 1280 g/mol. The van der Waals surface area contributed by atoms with Crippen molar-refractivity contribution < 1.29 is 28.4 Å². The van der Waals surface area contributed by atoms with Gasteiger partial charge in [0.2, 0.25) is 0 Å². The van der Waals surface area contributed by atoms with Crippen LogP contribution in [0.2, 0.25) is 0 Å². The minimum Gasteiger partial charge on any atom is -0.489 e. The molecule has 0 radical (unpaired) electrons. The Morgan fingerprint density at radius 2 is 0.938 bits per heavy atom. The van der Waals surface area contributed by atoms with Gasteiger partial charge in [-0.1, -0.05) is 84.9 Å². The van der Waals surface area contributed by atoms with E-state index < -0.39 is 0 Å². The van der Waals surface area contributed by atoms with Crippen molar-refractivity contribution in [2.24, 2.45) is 7.05 Å². The van der Waals surface area contributed by atoms with Crippen molar-refractivity contribution in [3.63, 3.8) is 0 Å². The first-order chi connectivity index (χ1) is 47.7. The minimum absolute atomic E-state index is 0.102. The molecule has 4 fully saturated rings. The maximum atomic E-state index is 9.85. The number of hydrogen-bond donors (Lipinski definition) is 2. The molecule has 16 nitrogen and oxygen atoms in total. The molecule has 0 amide bonds. The SMILES string of the molecule is CN1CCN(c2ccc(-c3cc4c(-c5ccc(OC6CCOCC6)c(C#N)c5)cccc4[nH]3)cc2)CC1.Cn1cc(C2=Cc3c(-c4ccc(OC5CCOCC5)c(C#N)c4)ccnc3C2)cn1.N#Cc1cc(-c2cccc3[nH]c(-c4ccccc4)cc23)ccc1OC1CCOCC1. The molecule has 7 aromatic carbocycles. The highest BCUT2D eigenvalue weighted by Crippen LogP contribution is 2.40. The van der Waals surface area contributed by atoms with Crippen LogP contribution in [0.3, 0.4) is 0 Å². The van der Waals surface area contributed by atoms with Gasteiger partial charge in [-0.3, -0.25) is 9.67 Å². The molecule has 11 aromatic rings. The first-order valence-corrected chi connectivity index (χ1v) is 33.6. The summed E-state index contributed by atoms with van der Waals surface area (Å²) in [5.41, 5.74) is 20.4. The van der Waals surface area contributed by atoms with Crippen LogP contribution in [0, 0.1) is 34.0 Å². The molecule has 0 unspecified atom stereocenters. The van der Waals surface area contributed by atoms with Gasteiger partial charge in [-0.15, -0.1) is 0 Å². The van der Waals surface area contributed by atoms with Gasteiger partial charge >= 0.3 is 0 Å². The van der Waals surface area contributed by atoms with Crippen molar-refractivity contribution in [3.8, 4) is 91.4 Å². The van der Waals surface area contributed by atoms with Gasteiger partial charge in [0.15, 0.2) is 0 Å². The average Bonchev–Trinajstić information content (AvgIpc) is 1.71. The highest BCUT2D eigenvalue weighted by Gasteiger charge is 2.25. The number of aromatic amines is 2. The lowest BCUT2D eigenvalue weighted by molar-refractivity contribution is 0.0252. The number of nitrogens with one attached hydrogen (secondary N) is 2. The van der Waals surface area contributed by atoms with E-state index in [1.807, 2.05) is 109 Å². The second-order valence-electron chi connectivity index (χ2n) is 25.3. The maximum Gasteiger partial charge on any atom is 0.137 e. The van der Waals surface area contributed by atoms with E-state index in [-0.39, 0.29) is 18.3 Å². The number of nitrogens with zero attached hydrogens (tertiary/aromatic N) is 8. The lowest BCUT2D eigenvalue weighted by atomic mass is 9.98. The zero-order chi connectivity index (χ0) is 66.0. The zero-order valence-corrected chi connectivity index (χ0v) is 54.7. The second kappa shape index (κ2) is 29.5. The molecule has 486 valence electrons. The Bertz CT molecular complexity index is 4750. The van der Waals surface area contributed by atoms with E-state index in [2.05, 4.69) is 146 Å². The summed E-state index contributed by atoms with van der Waals surface area (Å²) in [6, 6.07) is 62.7. The van der Waals surface area contributed by atoms with Crippen LogP contribution in [0.25, 0.3) is 89.4 Å². The number of allylic oxidation sites excluding steroid dienone is 1. The molecular formula is C81H76N10O6. The fourth-order valence-corrected chi connectivity index (χ4v) is 13.5. The molecule has 0 atom stereocenters. The molecule has 2 N–H and O–H groups in total. The van der Waals surface area contributed by atoms with Crippen LogP contribution in [0.15, 0.2) is 182 Å². The summed E-state index contributed by atoms with van der Waals surface area (Å²) in [4.78, 5) is 16.5. The van der Waals surface area contributed by atoms with Crippen LogP contribution >= 0.6 is 0 Å². The third-order valence-corrected chi connectivity index (χ3v) is 18.9. The molecule has 8 heterocycles. The Labute approximate surface area is 565 Å². The Morgan fingerprint density at radius 1 is 0.474 bits per heavy atom. The van der Waals surface area contributed by atoms with E-state index in [9.17, 15) is 15.8 Å². The molecule has 0 bridgehead atoms. The molecule has 0 saturated carbocycles. The largest absolute Gasteiger partial charge is 0.489 e. The molecule has 5 aliphatic rings. The maximum absolute atomic E-state index is 9.85. The second-order valence-corrected chi connectivity index (χ2v) is 25.3. The fraction of sp³-hybridized carbons (Fsp3) is 0.272. The number of anilines is 1. The number of pyridine rings is 1. The first kappa shape index (κ1) is 63.6. The number of benzene rings is 7. The summed E-state index contributed by atoms with van der Waals surface area (Å²) in [5.74, 6) is 1.95. The van der Waals surface area contributed by atoms with Gasteiger partial charge in [0.05, 0.1) is 68.2 Å². The Morgan fingerprint density at radius 3 is 1.40 bits per heavy atom. The standard InChI is InChI=1S/C31H32N4O2.C26H22N2O2.C24H22N4O2/c1-34-13-15-35(16-14-34)25-8-5-22(6-9-25)30-20-28-27(3-2-4-29(28)33-30)23-7-10-31(24(19-23)21-32)37-26-11-17-36-18-12-26;27-17-20-15-19(9-10-26(20)30-21-11-13-29-14-12-21)22-7-4-8-24-23(22)16-25(28-24)18-5-2-1-3-6-18;1-28-15-19(14-27-28)17-11-22-21(4-7-26-23(22)12-17)16-2-3-24(18(10-16)13-25)30-20-5-8-29-9-6-20/h2-10,19-20,26,33H,11-18H2,1H3;1-10,15-16,21,28H,11-14H2;2-4,7,10-11,14-15,20H,5-6,8-9,12H2,1H3.